The van der Waals surface area contributed by atoms with Gasteiger partial charge in [-0.1, -0.05) is 0 Å². The first-order valence-corrected chi connectivity index (χ1v) is 7.61. The zero-order valence-corrected chi connectivity index (χ0v) is 12.7. The number of Topliss-reactive ketones (excluding diaryl/α,β-unsaturated/α-hetero) is 2. The van der Waals surface area contributed by atoms with Gasteiger partial charge >= 0.3 is 11.0 Å². The first kappa shape index (κ1) is 15.3. The lowest BCUT2D eigenvalue weighted by atomic mass is 9.82. The molecule has 0 fully saturated rings. The molecule has 0 N–H and O–H groups in total. The van der Waals surface area contributed by atoms with Crippen LogP contribution in [0, 0.1) is 16.0 Å². The summed E-state index contributed by atoms with van der Waals surface area (Å²) in [6.07, 6.45) is 2.42. The Hall–Kier alpha value is -2.55. The summed E-state index contributed by atoms with van der Waals surface area (Å²) in [4.78, 5) is 51.3. The molecular formula is C14H10N2O6S. The number of hydrogen-bond donors (Lipinski definition) is 0. The number of fused-ring (bicyclic) bond motifs is 2. The quantitative estimate of drug-likeness (QED) is 0.463. The highest BCUT2D eigenvalue weighted by Gasteiger charge is 2.50. The number of esters is 1. The molecule has 8 nitrogen and oxygen atoms in total. The van der Waals surface area contributed by atoms with E-state index in [0.29, 0.717) is 0 Å². The Morgan fingerprint density at radius 3 is 2.83 bits per heavy atom. The van der Waals surface area contributed by atoms with Gasteiger partial charge in [0.25, 0.3) is 0 Å². The summed E-state index contributed by atoms with van der Waals surface area (Å²) >= 11 is 0.724. The molecule has 9 heteroatoms. The van der Waals surface area contributed by atoms with Crippen LogP contribution in [-0.2, 0) is 4.74 Å². The zero-order chi connectivity index (χ0) is 16.7. The van der Waals surface area contributed by atoms with E-state index in [2.05, 4.69) is 4.98 Å². The molecule has 1 aliphatic heterocycles. The number of carbonyl (C=O) groups is 3. The molecule has 23 heavy (non-hydrogen) atoms. The van der Waals surface area contributed by atoms with Crippen LogP contribution >= 0.6 is 11.8 Å². The van der Waals surface area contributed by atoms with E-state index in [1.165, 1.54) is 18.3 Å². The van der Waals surface area contributed by atoms with Crippen molar-refractivity contribution >= 4 is 29.3 Å². The number of thioether (sulfide) groups is 1. The molecule has 0 bridgehead atoms. The van der Waals surface area contributed by atoms with E-state index in [1.54, 1.807) is 6.92 Å². The molecule has 0 spiro atoms. The number of carbonyl (C=O) groups excluding carboxylic acids is 3. The summed E-state index contributed by atoms with van der Waals surface area (Å²) in [6, 6.07) is 1.31. The summed E-state index contributed by atoms with van der Waals surface area (Å²) in [5.41, 5.74) is -0.283. The maximum absolute atomic E-state index is 12.7. The molecule has 2 heterocycles. The van der Waals surface area contributed by atoms with Gasteiger partial charge < -0.3 is 4.74 Å². The fourth-order valence-corrected chi connectivity index (χ4v) is 3.74. The molecule has 0 saturated carbocycles. The Balaban J connectivity index is 2.09. The van der Waals surface area contributed by atoms with Crippen LogP contribution in [0.25, 0.3) is 0 Å². The molecular weight excluding hydrogens is 324 g/mol. The van der Waals surface area contributed by atoms with E-state index in [-0.39, 0.29) is 28.5 Å². The minimum absolute atomic E-state index is 0.0381. The summed E-state index contributed by atoms with van der Waals surface area (Å²) in [5.74, 6) is -2.67. The van der Waals surface area contributed by atoms with Gasteiger partial charge in [-0.2, -0.15) is 0 Å². The van der Waals surface area contributed by atoms with Crippen LogP contribution in [0.3, 0.4) is 0 Å². The Bertz CT molecular complexity index is 787. The SMILES string of the molecule is CCOC(=O)c1ccnc2c1C(=O)C1SC([N+](=O)[O-])=CC1C2=O. The van der Waals surface area contributed by atoms with Crippen LogP contribution in [0.1, 0.15) is 38.1 Å². The molecule has 118 valence electrons. The molecule has 0 saturated heterocycles. The Morgan fingerprint density at radius 1 is 1.43 bits per heavy atom. The van der Waals surface area contributed by atoms with Crippen molar-refractivity contribution in [3.8, 4) is 0 Å². The van der Waals surface area contributed by atoms with Gasteiger partial charge in [0.15, 0.2) is 11.6 Å². The van der Waals surface area contributed by atoms with Crippen molar-refractivity contribution in [2.24, 2.45) is 5.92 Å². The van der Waals surface area contributed by atoms with E-state index in [9.17, 15) is 24.5 Å². The molecule has 2 aliphatic rings. The van der Waals surface area contributed by atoms with Crippen molar-refractivity contribution in [3.05, 3.63) is 50.3 Å². The minimum atomic E-state index is -0.937. The highest BCUT2D eigenvalue weighted by molar-refractivity contribution is 8.04. The number of allylic oxidation sites excluding steroid dienone is 1. The van der Waals surface area contributed by atoms with Crippen LogP contribution in [0.5, 0.6) is 0 Å². The van der Waals surface area contributed by atoms with E-state index in [1.807, 2.05) is 0 Å². The van der Waals surface area contributed by atoms with Crippen molar-refractivity contribution < 1.29 is 24.0 Å². The Morgan fingerprint density at radius 2 is 2.17 bits per heavy atom. The van der Waals surface area contributed by atoms with Gasteiger partial charge in [0.1, 0.15) is 5.69 Å². The van der Waals surface area contributed by atoms with Gasteiger partial charge in [-0.3, -0.25) is 24.7 Å². The minimum Gasteiger partial charge on any atom is -0.462 e. The largest absolute Gasteiger partial charge is 0.462 e. The molecule has 1 aromatic rings. The molecule has 1 aliphatic carbocycles. The maximum atomic E-state index is 12.7. The highest BCUT2D eigenvalue weighted by Crippen LogP contribution is 2.43. The maximum Gasteiger partial charge on any atom is 0.338 e. The summed E-state index contributed by atoms with van der Waals surface area (Å²) in [7, 11) is 0. The number of pyridine rings is 1. The average molecular weight is 334 g/mol. The number of rotatable bonds is 3. The van der Waals surface area contributed by atoms with Gasteiger partial charge in [0, 0.05) is 12.3 Å². The van der Waals surface area contributed by atoms with E-state index < -0.39 is 33.6 Å². The van der Waals surface area contributed by atoms with Crippen molar-refractivity contribution in [1.29, 1.82) is 0 Å². The molecule has 1 aromatic heterocycles. The summed E-state index contributed by atoms with van der Waals surface area (Å²) in [5, 5.41) is 9.72. The number of ketones is 2. The fourth-order valence-electron chi connectivity index (χ4n) is 2.59. The van der Waals surface area contributed by atoms with E-state index in [0.717, 1.165) is 11.8 Å². The lowest BCUT2D eigenvalue weighted by Crippen LogP contribution is -2.38. The second-order valence-electron chi connectivity index (χ2n) is 4.86. The smallest absolute Gasteiger partial charge is 0.338 e. The monoisotopic (exact) mass is 334 g/mol. The van der Waals surface area contributed by atoms with Crippen LogP contribution in [0.2, 0.25) is 0 Å². The van der Waals surface area contributed by atoms with Gasteiger partial charge in [0.2, 0.25) is 0 Å². The topological polar surface area (TPSA) is 116 Å². The lowest BCUT2D eigenvalue weighted by molar-refractivity contribution is -0.410. The number of nitro groups is 1. The van der Waals surface area contributed by atoms with Gasteiger partial charge in [0.05, 0.1) is 33.8 Å². The molecule has 3 rings (SSSR count). The standard InChI is InChI=1S/C14H10N2O6S/c1-2-22-14(19)6-3-4-15-10-9(6)12(18)13-7(11(10)17)5-8(23-13)16(20)21/h3-5,7,13H,2H2,1H3. The van der Waals surface area contributed by atoms with E-state index >= 15 is 0 Å². The van der Waals surface area contributed by atoms with Crippen molar-refractivity contribution in [1.82, 2.24) is 4.98 Å². The molecule has 0 aromatic carbocycles. The van der Waals surface area contributed by atoms with Gasteiger partial charge in [-0.15, -0.1) is 0 Å². The van der Waals surface area contributed by atoms with Crippen LogP contribution in [0.15, 0.2) is 23.4 Å². The molecule has 0 radical (unpaired) electrons. The van der Waals surface area contributed by atoms with Crippen molar-refractivity contribution in [2.45, 2.75) is 12.2 Å². The third-order valence-electron chi connectivity index (χ3n) is 3.56. The van der Waals surface area contributed by atoms with Gasteiger partial charge in [-0.05, 0) is 24.8 Å². The number of ether oxygens (including phenoxy) is 1. The average Bonchev–Trinajstić information content (AvgIpc) is 2.98. The third-order valence-corrected chi connectivity index (χ3v) is 4.85. The molecule has 2 unspecified atom stereocenters. The summed E-state index contributed by atoms with van der Waals surface area (Å²) in [6.45, 7) is 1.74. The fraction of sp³-hybridized carbons (Fsp3) is 0.286. The number of nitrogens with zero attached hydrogens (tertiary/aromatic N) is 2. The summed E-state index contributed by atoms with van der Waals surface area (Å²) < 4.78 is 4.89. The van der Waals surface area contributed by atoms with E-state index in [4.69, 9.17) is 4.74 Å². The second-order valence-corrected chi connectivity index (χ2v) is 6.02. The lowest BCUT2D eigenvalue weighted by Gasteiger charge is -2.23. The third kappa shape index (κ3) is 2.33. The normalized spacial score (nSPS) is 22.2. The van der Waals surface area contributed by atoms with Crippen LogP contribution in [-0.4, -0.2) is 39.3 Å². The van der Waals surface area contributed by atoms with Crippen molar-refractivity contribution in [2.75, 3.05) is 6.61 Å². The Labute approximate surface area is 134 Å². The van der Waals surface area contributed by atoms with Crippen molar-refractivity contribution in [3.63, 3.8) is 0 Å². The predicted octanol–water partition coefficient (Wildman–Crippen LogP) is 1.49. The first-order valence-electron chi connectivity index (χ1n) is 6.73. The molecule has 0 amide bonds. The predicted molar refractivity (Wildman–Crippen MR) is 78.8 cm³/mol. The zero-order valence-electron chi connectivity index (χ0n) is 11.8. The Kier molecular flexibility index (Phi) is 3.72. The first-order chi connectivity index (χ1) is 11.0. The second kappa shape index (κ2) is 5.58. The van der Waals surface area contributed by atoms with Gasteiger partial charge in [-0.25, -0.2) is 4.79 Å². The van der Waals surface area contributed by atoms with Crippen LogP contribution < -0.4 is 0 Å². The highest BCUT2D eigenvalue weighted by atomic mass is 32.2. The molecule has 2 atom stereocenters. The van der Waals surface area contributed by atoms with Crippen LogP contribution in [0.4, 0.5) is 0 Å². The number of aromatic nitrogens is 1. The number of hydrogen-bond acceptors (Lipinski definition) is 8.